The van der Waals surface area contributed by atoms with Gasteiger partial charge in [0.2, 0.25) is 15.9 Å². The molecule has 16 heavy (non-hydrogen) atoms. The number of ether oxygens (including phenoxy) is 1. The number of sulfonamides is 1. The Bertz CT molecular complexity index is 510. The van der Waals surface area contributed by atoms with Gasteiger partial charge in [-0.3, -0.25) is 4.79 Å². The van der Waals surface area contributed by atoms with Crippen LogP contribution in [0.1, 0.15) is 6.92 Å². The van der Waals surface area contributed by atoms with E-state index in [1.807, 2.05) is 0 Å². The van der Waals surface area contributed by atoms with Crippen molar-refractivity contribution < 1.29 is 17.9 Å². The van der Waals surface area contributed by atoms with Crippen LogP contribution < -0.4 is 15.2 Å². The lowest BCUT2D eigenvalue weighted by Crippen LogP contribution is -2.14. The van der Waals surface area contributed by atoms with Gasteiger partial charge >= 0.3 is 0 Å². The molecule has 88 valence electrons. The van der Waals surface area contributed by atoms with Crippen LogP contribution in [0, 0.1) is 0 Å². The van der Waals surface area contributed by atoms with Crippen molar-refractivity contribution in [2.75, 3.05) is 12.4 Å². The van der Waals surface area contributed by atoms with E-state index in [2.05, 4.69) is 5.32 Å². The van der Waals surface area contributed by atoms with Crippen molar-refractivity contribution in [2.24, 2.45) is 5.14 Å². The molecule has 7 heteroatoms. The molecular weight excluding hydrogens is 232 g/mol. The minimum absolute atomic E-state index is 0.136. The highest BCUT2D eigenvalue weighted by molar-refractivity contribution is 7.89. The summed E-state index contributed by atoms with van der Waals surface area (Å²) in [5, 5.41) is 7.47. The largest absolute Gasteiger partial charge is 0.495 e. The average Bonchev–Trinajstić information content (AvgIpc) is 2.15. The number of carbonyl (C=O) groups excluding carboxylic acids is 1. The summed E-state index contributed by atoms with van der Waals surface area (Å²) in [7, 11) is -2.54. The summed E-state index contributed by atoms with van der Waals surface area (Å²) in [6, 6.07) is 4.19. The van der Waals surface area contributed by atoms with Gasteiger partial charge in [-0.15, -0.1) is 0 Å². The quantitative estimate of drug-likeness (QED) is 0.798. The fraction of sp³-hybridized carbons (Fsp3) is 0.222. The number of hydrogen-bond acceptors (Lipinski definition) is 4. The van der Waals surface area contributed by atoms with Crippen molar-refractivity contribution in [1.82, 2.24) is 0 Å². The van der Waals surface area contributed by atoms with E-state index in [0.29, 0.717) is 5.69 Å². The molecule has 0 aliphatic rings. The summed E-state index contributed by atoms with van der Waals surface area (Å²) in [6.07, 6.45) is 0. The lowest BCUT2D eigenvalue weighted by Gasteiger charge is -2.09. The smallest absolute Gasteiger partial charge is 0.241 e. The molecule has 1 aromatic carbocycles. The summed E-state index contributed by atoms with van der Waals surface area (Å²) in [5.41, 5.74) is 0.345. The van der Waals surface area contributed by atoms with Crippen LogP contribution in [-0.4, -0.2) is 21.4 Å². The van der Waals surface area contributed by atoms with Gasteiger partial charge in [0.05, 0.1) is 7.11 Å². The molecule has 3 N–H and O–H groups in total. The first kappa shape index (κ1) is 12.5. The number of methoxy groups -OCH3 is 1. The third kappa shape index (κ3) is 2.94. The topological polar surface area (TPSA) is 98.5 Å². The predicted octanol–water partition coefficient (Wildman–Crippen LogP) is 0.301. The highest BCUT2D eigenvalue weighted by Crippen LogP contribution is 2.25. The van der Waals surface area contributed by atoms with Gasteiger partial charge in [-0.2, -0.15) is 0 Å². The van der Waals surface area contributed by atoms with E-state index < -0.39 is 10.0 Å². The third-order valence-corrected chi connectivity index (χ3v) is 2.72. The van der Waals surface area contributed by atoms with Gasteiger partial charge in [0.25, 0.3) is 0 Å². The van der Waals surface area contributed by atoms with Gasteiger partial charge in [0, 0.05) is 12.6 Å². The van der Waals surface area contributed by atoms with Gasteiger partial charge < -0.3 is 10.1 Å². The predicted molar refractivity (Wildman–Crippen MR) is 58.7 cm³/mol. The van der Waals surface area contributed by atoms with E-state index in [1.165, 1.54) is 32.2 Å². The number of benzene rings is 1. The molecule has 6 nitrogen and oxygen atoms in total. The van der Waals surface area contributed by atoms with Crippen molar-refractivity contribution in [3.63, 3.8) is 0 Å². The number of primary sulfonamides is 1. The number of nitrogens with two attached hydrogens (primary N) is 1. The number of rotatable bonds is 3. The van der Waals surface area contributed by atoms with Crippen molar-refractivity contribution >= 4 is 21.6 Å². The SMILES string of the molecule is COc1ccc(NC(C)=O)cc1S(N)(=O)=O. The van der Waals surface area contributed by atoms with Crippen LogP contribution in [0.5, 0.6) is 5.75 Å². The fourth-order valence-electron chi connectivity index (χ4n) is 1.18. The zero-order valence-electron chi connectivity index (χ0n) is 8.85. The van der Waals surface area contributed by atoms with Crippen LogP contribution in [0.2, 0.25) is 0 Å². The normalized spacial score (nSPS) is 10.9. The van der Waals surface area contributed by atoms with Crippen LogP contribution in [0.15, 0.2) is 23.1 Å². The molecule has 0 bridgehead atoms. The summed E-state index contributed by atoms with van der Waals surface area (Å²) < 4.78 is 27.3. The third-order valence-electron chi connectivity index (χ3n) is 1.79. The van der Waals surface area contributed by atoms with E-state index in [0.717, 1.165) is 0 Å². The molecule has 0 saturated heterocycles. The van der Waals surface area contributed by atoms with Gasteiger partial charge in [0.1, 0.15) is 10.6 Å². The van der Waals surface area contributed by atoms with Crippen molar-refractivity contribution in [2.45, 2.75) is 11.8 Å². The maximum atomic E-state index is 11.2. The van der Waals surface area contributed by atoms with Crippen molar-refractivity contribution in [3.05, 3.63) is 18.2 Å². The second-order valence-electron chi connectivity index (χ2n) is 3.09. The second-order valence-corrected chi connectivity index (χ2v) is 4.62. The maximum Gasteiger partial charge on any atom is 0.241 e. The molecule has 0 aliphatic carbocycles. The molecule has 0 aliphatic heterocycles. The molecule has 1 aromatic rings. The van der Waals surface area contributed by atoms with E-state index in [1.54, 1.807) is 0 Å². The Hall–Kier alpha value is -1.60. The number of amides is 1. The van der Waals surface area contributed by atoms with E-state index in [-0.39, 0.29) is 16.6 Å². The second kappa shape index (κ2) is 4.50. The zero-order valence-corrected chi connectivity index (χ0v) is 9.67. The van der Waals surface area contributed by atoms with Crippen LogP contribution in [0.3, 0.4) is 0 Å². The van der Waals surface area contributed by atoms with Gasteiger partial charge in [0.15, 0.2) is 0 Å². The minimum atomic E-state index is -3.88. The molecule has 1 rings (SSSR count). The summed E-state index contributed by atoms with van der Waals surface area (Å²) in [6.45, 7) is 1.32. The molecule has 0 fully saturated rings. The van der Waals surface area contributed by atoms with E-state index in [4.69, 9.17) is 9.88 Å². The Labute approximate surface area is 93.5 Å². The number of nitrogens with one attached hydrogen (secondary N) is 1. The highest BCUT2D eigenvalue weighted by atomic mass is 32.2. The van der Waals surface area contributed by atoms with Gasteiger partial charge in [-0.25, -0.2) is 13.6 Å². The standard InChI is InChI=1S/C9H12N2O4S/c1-6(12)11-7-3-4-8(15-2)9(5-7)16(10,13)14/h3-5H,1-2H3,(H,11,12)(H2,10,13,14). The first-order valence-corrected chi connectivity index (χ1v) is 5.87. The van der Waals surface area contributed by atoms with Crippen LogP contribution in [-0.2, 0) is 14.8 Å². The van der Waals surface area contributed by atoms with Crippen molar-refractivity contribution in [1.29, 1.82) is 0 Å². The molecule has 0 spiro atoms. The number of hydrogen-bond donors (Lipinski definition) is 2. The Morgan fingerprint density at radius 1 is 1.44 bits per heavy atom. The molecule has 0 heterocycles. The van der Waals surface area contributed by atoms with Crippen LogP contribution in [0.25, 0.3) is 0 Å². The maximum absolute atomic E-state index is 11.2. The molecule has 0 atom stereocenters. The Morgan fingerprint density at radius 2 is 2.06 bits per heavy atom. The number of carbonyl (C=O) groups is 1. The molecular formula is C9H12N2O4S. The molecule has 0 aromatic heterocycles. The monoisotopic (exact) mass is 244 g/mol. The Morgan fingerprint density at radius 3 is 2.50 bits per heavy atom. The lowest BCUT2D eigenvalue weighted by atomic mass is 10.3. The summed E-state index contributed by atoms with van der Waals surface area (Å²) >= 11 is 0. The zero-order chi connectivity index (χ0) is 12.3. The first-order valence-electron chi connectivity index (χ1n) is 4.33. The minimum Gasteiger partial charge on any atom is -0.495 e. The van der Waals surface area contributed by atoms with Gasteiger partial charge in [-0.05, 0) is 18.2 Å². The van der Waals surface area contributed by atoms with Gasteiger partial charge in [-0.1, -0.05) is 0 Å². The first-order chi connectivity index (χ1) is 7.34. The summed E-state index contributed by atoms with van der Waals surface area (Å²) in [4.78, 5) is 10.6. The van der Waals surface area contributed by atoms with E-state index >= 15 is 0 Å². The van der Waals surface area contributed by atoms with Crippen LogP contribution >= 0.6 is 0 Å². The molecule has 0 radical (unpaired) electrons. The molecule has 0 unspecified atom stereocenters. The Kier molecular flexibility index (Phi) is 3.51. The summed E-state index contributed by atoms with van der Waals surface area (Å²) in [5.74, 6) is -0.165. The molecule has 0 saturated carbocycles. The number of anilines is 1. The van der Waals surface area contributed by atoms with Crippen molar-refractivity contribution in [3.8, 4) is 5.75 Å². The molecule has 1 amide bonds. The lowest BCUT2D eigenvalue weighted by molar-refractivity contribution is -0.114. The van der Waals surface area contributed by atoms with E-state index in [9.17, 15) is 13.2 Å². The van der Waals surface area contributed by atoms with Crippen LogP contribution in [0.4, 0.5) is 5.69 Å². The fourth-order valence-corrected chi connectivity index (χ4v) is 1.90. The average molecular weight is 244 g/mol. The highest BCUT2D eigenvalue weighted by Gasteiger charge is 2.15. The Balaban J connectivity index is 3.27.